The molecule has 0 aliphatic carbocycles. The van der Waals surface area contributed by atoms with Gasteiger partial charge in [-0.2, -0.15) is 0 Å². The number of fused-ring (bicyclic) bond motifs is 2. The lowest BCUT2D eigenvalue weighted by atomic mass is 9.66. The Kier molecular flexibility index (Phi) is 2.98. The highest BCUT2D eigenvalue weighted by atomic mass is 79.9. The fourth-order valence-electron chi connectivity index (χ4n) is 3.27. The largest absolute Gasteiger partial charge is 0.381 e. The maximum absolute atomic E-state index is 12.7. The number of carbonyl (C=O) groups is 1. The minimum Gasteiger partial charge on any atom is -0.381 e. The molecule has 2 aliphatic rings. The van der Waals surface area contributed by atoms with Crippen LogP contribution in [0.5, 0.6) is 0 Å². The molecule has 1 amide bonds. The van der Waals surface area contributed by atoms with E-state index in [0.717, 1.165) is 17.3 Å². The van der Waals surface area contributed by atoms with Crippen LogP contribution in [-0.4, -0.2) is 19.1 Å². The van der Waals surface area contributed by atoms with E-state index >= 15 is 0 Å². The van der Waals surface area contributed by atoms with Crippen LogP contribution in [-0.2, 0) is 20.5 Å². The molecule has 1 saturated heterocycles. The first-order chi connectivity index (χ1) is 8.96. The lowest BCUT2D eigenvalue weighted by molar-refractivity contribution is -0.133. The summed E-state index contributed by atoms with van der Waals surface area (Å²) >= 11 is 3.53. The average molecular weight is 324 g/mol. The molecule has 0 bridgehead atoms. The zero-order chi connectivity index (χ0) is 13.7. The number of nitrogens with one attached hydrogen (secondary N) is 1. The van der Waals surface area contributed by atoms with Crippen molar-refractivity contribution in [3.8, 4) is 0 Å². The van der Waals surface area contributed by atoms with E-state index in [4.69, 9.17) is 4.74 Å². The van der Waals surface area contributed by atoms with Gasteiger partial charge in [0.2, 0.25) is 5.91 Å². The fraction of sp³-hybridized carbons (Fsp3) is 0.533. The van der Waals surface area contributed by atoms with Crippen LogP contribution >= 0.6 is 15.9 Å². The normalized spacial score (nSPS) is 23.8. The quantitative estimate of drug-likeness (QED) is 0.797. The van der Waals surface area contributed by atoms with Crippen molar-refractivity contribution in [2.24, 2.45) is 0 Å². The molecule has 1 aromatic rings. The summed E-state index contributed by atoms with van der Waals surface area (Å²) in [6.45, 7) is 5.42. The van der Waals surface area contributed by atoms with Crippen LogP contribution in [0.15, 0.2) is 22.7 Å². The summed E-state index contributed by atoms with van der Waals surface area (Å²) in [4.78, 5) is 12.7. The highest BCUT2D eigenvalue weighted by Crippen LogP contribution is 2.44. The van der Waals surface area contributed by atoms with E-state index in [1.54, 1.807) is 0 Å². The molecule has 4 heteroatoms. The first-order valence-corrected chi connectivity index (χ1v) is 7.46. The van der Waals surface area contributed by atoms with Gasteiger partial charge >= 0.3 is 0 Å². The zero-order valence-electron chi connectivity index (χ0n) is 11.3. The SMILES string of the molecule is CC1(C)NC(=O)C2(CCOCC2)c2cc(Br)ccc21. The first kappa shape index (κ1) is 13.1. The van der Waals surface area contributed by atoms with E-state index < -0.39 is 5.41 Å². The van der Waals surface area contributed by atoms with E-state index in [0.29, 0.717) is 13.2 Å². The second kappa shape index (κ2) is 4.32. The Bertz CT molecular complexity index is 533. The predicted octanol–water partition coefficient (Wildman–Crippen LogP) is 2.86. The lowest BCUT2D eigenvalue weighted by Crippen LogP contribution is -2.58. The minimum atomic E-state index is -0.410. The van der Waals surface area contributed by atoms with Crippen LogP contribution in [0.1, 0.15) is 37.8 Å². The van der Waals surface area contributed by atoms with Crippen LogP contribution in [0.3, 0.4) is 0 Å². The second-order valence-corrected chi connectivity index (χ2v) is 6.88. The van der Waals surface area contributed by atoms with Crippen LogP contribution in [0.4, 0.5) is 0 Å². The Hall–Kier alpha value is -0.870. The summed E-state index contributed by atoms with van der Waals surface area (Å²) in [6, 6.07) is 6.28. The van der Waals surface area contributed by atoms with Crippen molar-refractivity contribution in [1.82, 2.24) is 5.32 Å². The molecule has 0 aromatic heterocycles. The standard InChI is InChI=1S/C15H18BrNO2/c1-14(2)11-4-3-10(16)9-12(11)15(13(18)17-14)5-7-19-8-6-15/h3-4,9H,5-8H2,1-2H3,(H,17,18). The lowest BCUT2D eigenvalue weighted by Gasteiger charge is -2.46. The van der Waals surface area contributed by atoms with Crippen LogP contribution < -0.4 is 5.32 Å². The van der Waals surface area contributed by atoms with Gasteiger partial charge in [-0.15, -0.1) is 0 Å². The second-order valence-electron chi connectivity index (χ2n) is 5.96. The molecule has 1 spiro atoms. The Labute approximate surface area is 121 Å². The van der Waals surface area contributed by atoms with Crippen molar-refractivity contribution < 1.29 is 9.53 Å². The summed E-state index contributed by atoms with van der Waals surface area (Å²) in [5, 5.41) is 3.18. The van der Waals surface area contributed by atoms with Crippen molar-refractivity contribution >= 4 is 21.8 Å². The van der Waals surface area contributed by atoms with Crippen molar-refractivity contribution in [3.05, 3.63) is 33.8 Å². The third-order valence-electron chi connectivity index (χ3n) is 4.38. The Morgan fingerprint density at radius 1 is 1.21 bits per heavy atom. The highest BCUT2D eigenvalue weighted by Gasteiger charge is 2.49. The van der Waals surface area contributed by atoms with Gasteiger partial charge in [-0.3, -0.25) is 4.79 Å². The average Bonchev–Trinajstić information content (AvgIpc) is 2.37. The van der Waals surface area contributed by atoms with Gasteiger partial charge < -0.3 is 10.1 Å². The van der Waals surface area contributed by atoms with E-state index in [1.165, 1.54) is 11.1 Å². The van der Waals surface area contributed by atoms with E-state index in [2.05, 4.69) is 47.2 Å². The molecule has 102 valence electrons. The summed E-state index contributed by atoms with van der Waals surface area (Å²) in [7, 11) is 0. The number of halogens is 1. The summed E-state index contributed by atoms with van der Waals surface area (Å²) in [5.74, 6) is 0.145. The van der Waals surface area contributed by atoms with Crippen LogP contribution in [0.25, 0.3) is 0 Å². The molecule has 2 heterocycles. The number of hydrogen-bond donors (Lipinski definition) is 1. The molecule has 1 fully saturated rings. The van der Waals surface area contributed by atoms with Crippen molar-refractivity contribution in [2.45, 2.75) is 37.6 Å². The highest BCUT2D eigenvalue weighted by molar-refractivity contribution is 9.10. The molecular formula is C15H18BrNO2. The van der Waals surface area contributed by atoms with Gasteiger partial charge in [0, 0.05) is 17.7 Å². The third kappa shape index (κ3) is 1.93. The molecule has 1 N–H and O–H groups in total. The van der Waals surface area contributed by atoms with Crippen LogP contribution in [0.2, 0.25) is 0 Å². The molecule has 0 saturated carbocycles. The van der Waals surface area contributed by atoms with Gasteiger partial charge in [0.25, 0.3) is 0 Å². The number of amides is 1. The Balaban J connectivity index is 2.22. The van der Waals surface area contributed by atoms with Crippen molar-refractivity contribution in [3.63, 3.8) is 0 Å². The zero-order valence-corrected chi connectivity index (χ0v) is 12.8. The molecule has 1 aromatic carbocycles. The number of benzene rings is 1. The van der Waals surface area contributed by atoms with Gasteiger partial charge in [0.1, 0.15) is 0 Å². The third-order valence-corrected chi connectivity index (χ3v) is 4.87. The topological polar surface area (TPSA) is 38.3 Å². The van der Waals surface area contributed by atoms with Gasteiger partial charge in [-0.05, 0) is 49.9 Å². The number of ether oxygens (including phenoxy) is 1. The molecule has 2 aliphatic heterocycles. The smallest absolute Gasteiger partial charge is 0.231 e. The molecule has 3 rings (SSSR count). The van der Waals surface area contributed by atoms with Crippen molar-refractivity contribution in [1.29, 1.82) is 0 Å². The van der Waals surface area contributed by atoms with E-state index in [-0.39, 0.29) is 11.4 Å². The Morgan fingerprint density at radius 3 is 2.58 bits per heavy atom. The molecule has 0 atom stereocenters. The monoisotopic (exact) mass is 323 g/mol. The maximum atomic E-state index is 12.7. The van der Waals surface area contributed by atoms with Crippen LogP contribution in [0, 0.1) is 0 Å². The summed E-state index contributed by atoms with van der Waals surface area (Å²) in [5.41, 5.74) is 1.67. The molecule has 0 unspecified atom stereocenters. The molecular weight excluding hydrogens is 306 g/mol. The summed E-state index contributed by atoms with van der Waals surface area (Å²) < 4.78 is 6.48. The van der Waals surface area contributed by atoms with Crippen molar-refractivity contribution in [2.75, 3.05) is 13.2 Å². The van der Waals surface area contributed by atoms with E-state index in [9.17, 15) is 4.79 Å². The Morgan fingerprint density at radius 2 is 1.89 bits per heavy atom. The molecule has 3 nitrogen and oxygen atoms in total. The number of carbonyl (C=O) groups excluding carboxylic acids is 1. The van der Waals surface area contributed by atoms with E-state index in [1.807, 2.05) is 6.07 Å². The molecule has 0 radical (unpaired) electrons. The van der Waals surface area contributed by atoms with Gasteiger partial charge in [0.05, 0.1) is 11.0 Å². The van der Waals surface area contributed by atoms with Gasteiger partial charge in [-0.1, -0.05) is 22.0 Å². The number of rotatable bonds is 0. The van der Waals surface area contributed by atoms with Gasteiger partial charge in [-0.25, -0.2) is 0 Å². The minimum absolute atomic E-state index is 0.145. The number of hydrogen-bond acceptors (Lipinski definition) is 2. The fourth-order valence-corrected chi connectivity index (χ4v) is 3.63. The maximum Gasteiger partial charge on any atom is 0.231 e. The summed E-state index contributed by atoms with van der Waals surface area (Å²) in [6.07, 6.45) is 1.52. The predicted molar refractivity (Wildman–Crippen MR) is 77.0 cm³/mol. The van der Waals surface area contributed by atoms with Gasteiger partial charge in [0.15, 0.2) is 0 Å². The molecule has 19 heavy (non-hydrogen) atoms. The first-order valence-electron chi connectivity index (χ1n) is 6.67.